The Morgan fingerprint density at radius 2 is 1.56 bits per heavy atom. The highest BCUT2D eigenvalue weighted by Gasteiger charge is 2.36. The minimum atomic E-state index is -0.791. The Morgan fingerprint density at radius 1 is 0.814 bits per heavy atom. The van der Waals surface area contributed by atoms with Crippen LogP contribution in [-0.4, -0.2) is 36.0 Å². The summed E-state index contributed by atoms with van der Waals surface area (Å²) in [6.07, 6.45) is 2.34. The number of barbiturate groups is 1. The zero-order valence-corrected chi connectivity index (χ0v) is 25.5. The van der Waals surface area contributed by atoms with Crippen LogP contribution in [0.2, 0.25) is 0 Å². The van der Waals surface area contributed by atoms with Crippen molar-refractivity contribution >= 4 is 50.6 Å². The summed E-state index contributed by atoms with van der Waals surface area (Å²) in [4.78, 5) is 40.6. The normalized spacial score (nSPS) is 14.3. The number of carbonyl (C=O) groups is 3. The van der Waals surface area contributed by atoms with Crippen LogP contribution in [0, 0.1) is 0 Å². The number of halogens is 1. The average molecular weight is 644 g/mol. The summed E-state index contributed by atoms with van der Waals surface area (Å²) in [6, 6.07) is 23.6. The van der Waals surface area contributed by atoms with E-state index >= 15 is 0 Å². The van der Waals surface area contributed by atoms with Gasteiger partial charge in [0.15, 0.2) is 11.5 Å². The second kappa shape index (κ2) is 13.6. The molecule has 1 fully saturated rings. The molecule has 1 saturated heterocycles. The summed E-state index contributed by atoms with van der Waals surface area (Å²) in [5.41, 5.74) is 2.00. The molecule has 4 aromatic rings. The fourth-order valence-corrected chi connectivity index (χ4v) is 4.97. The molecule has 0 bridgehead atoms. The number of carbonyl (C=O) groups excluding carboxylic acids is 3. The molecule has 4 aromatic carbocycles. The van der Waals surface area contributed by atoms with Crippen molar-refractivity contribution in [3.05, 3.63) is 106 Å². The van der Waals surface area contributed by atoms with E-state index in [1.54, 1.807) is 18.2 Å². The third kappa shape index (κ3) is 6.89. The van der Waals surface area contributed by atoms with E-state index in [0.29, 0.717) is 41.6 Å². The molecule has 0 aromatic heterocycles. The quantitative estimate of drug-likeness (QED) is 0.139. The van der Waals surface area contributed by atoms with Crippen molar-refractivity contribution in [3.8, 4) is 17.2 Å². The number of nitrogens with one attached hydrogen (secondary N) is 1. The van der Waals surface area contributed by atoms with Crippen LogP contribution in [0.25, 0.3) is 16.8 Å². The lowest BCUT2D eigenvalue weighted by Gasteiger charge is -2.27. The summed E-state index contributed by atoms with van der Waals surface area (Å²) < 4.78 is 18.7. The number of hydrogen-bond acceptors (Lipinski definition) is 6. The summed E-state index contributed by atoms with van der Waals surface area (Å²) in [5, 5.41) is 4.03. The first kappa shape index (κ1) is 29.8. The van der Waals surface area contributed by atoms with E-state index in [1.807, 2.05) is 74.5 Å². The smallest absolute Gasteiger partial charge is 0.331 e. The van der Waals surface area contributed by atoms with Gasteiger partial charge in [-0.3, -0.25) is 19.8 Å². The molecule has 0 aliphatic carbocycles. The molecule has 4 amide bonds. The Morgan fingerprint density at radius 3 is 2.33 bits per heavy atom. The molecule has 43 heavy (non-hydrogen) atoms. The molecule has 0 saturated carbocycles. The van der Waals surface area contributed by atoms with Gasteiger partial charge in [0.2, 0.25) is 0 Å². The Kier molecular flexibility index (Phi) is 9.41. The van der Waals surface area contributed by atoms with Crippen LogP contribution < -0.4 is 19.5 Å². The van der Waals surface area contributed by atoms with Crippen molar-refractivity contribution < 1.29 is 28.6 Å². The van der Waals surface area contributed by atoms with Gasteiger partial charge in [0.1, 0.15) is 17.9 Å². The Balaban J connectivity index is 1.47. The summed E-state index contributed by atoms with van der Waals surface area (Å²) in [6.45, 7) is 5.06. The number of hydrogen-bond donors (Lipinski definition) is 1. The van der Waals surface area contributed by atoms with Crippen molar-refractivity contribution in [2.45, 2.75) is 33.4 Å². The molecule has 1 N–H and O–H groups in total. The number of fused-ring (bicyclic) bond motifs is 1. The van der Waals surface area contributed by atoms with Crippen LogP contribution in [0.5, 0.6) is 17.2 Å². The maximum atomic E-state index is 13.7. The molecule has 9 heteroatoms. The first-order valence-electron chi connectivity index (χ1n) is 14.0. The zero-order chi connectivity index (χ0) is 30.3. The van der Waals surface area contributed by atoms with Crippen LogP contribution in [0.3, 0.4) is 0 Å². The predicted octanol–water partition coefficient (Wildman–Crippen LogP) is 7.03. The van der Waals surface area contributed by atoms with Gasteiger partial charge in [-0.2, -0.15) is 0 Å². The lowest BCUT2D eigenvalue weighted by molar-refractivity contribution is -0.130. The fourth-order valence-electron chi connectivity index (χ4n) is 4.71. The van der Waals surface area contributed by atoms with Crippen molar-refractivity contribution in [1.29, 1.82) is 0 Å². The topological polar surface area (TPSA) is 94.2 Å². The van der Waals surface area contributed by atoms with Gasteiger partial charge >= 0.3 is 6.03 Å². The van der Waals surface area contributed by atoms with E-state index in [4.69, 9.17) is 14.2 Å². The molecule has 1 heterocycles. The number of benzene rings is 4. The molecule has 1 aliphatic rings. The predicted molar refractivity (Wildman–Crippen MR) is 168 cm³/mol. The molecule has 0 radical (unpaired) electrons. The number of rotatable bonds is 11. The van der Waals surface area contributed by atoms with E-state index < -0.39 is 17.8 Å². The third-order valence-electron chi connectivity index (χ3n) is 6.82. The number of imide groups is 2. The van der Waals surface area contributed by atoms with Crippen molar-refractivity contribution in [3.63, 3.8) is 0 Å². The molecule has 0 unspecified atom stereocenters. The molecule has 5 rings (SSSR count). The van der Waals surface area contributed by atoms with Crippen LogP contribution in [-0.2, 0) is 22.7 Å². The Hall–Kier alpha value is -4.63. The largest absolute Gasteiger partial charge is 0.490 e. The molecular weight excluding hydrogens is 612 g/mol. The first-order chi connectivity index (χ1) is 20.9. The van der Waals surface area contributed by atoms with Crippen LogP contribution in [0.4, 0.5) is 4.79 Å². The fraction of sp³-hybridized carbons (Fsp3) is 0.206. The summed E-state index contributed by atoms with van der Waals surface area (Å²) in [5.74, 6) is 0.140. The minimum absolute atomic E-state index is 0.0636. The molecule has 0 spiro atoms. The maximum Gasteiger partial charge on any atom is 0.331 e. The molecule has 0 atom stereocenters. The van der Waals surface area contributed by atoms with Gasteiger partial charge in [-0.25, -0.2) is 4.79 Å². The lowest BCUT2D eigenvalue weighted by atomic mass is 9.99. The number of urea groups is 1. The second-order valence-electron chi connectivity index (χ2n) is 9.88. The third-order valence-corrected chi connectivity index (χ3v) is 7.35. The standard InChI is InChI=1S/C34H31BrN2O6/c1-3-17-42-30-15-11-23(18-31(30)41-4-2)20-37-33(39)28(32(38)36-34(37)40)19-27-26-8-6-5-7-24(26)12-16-29(27)43-21-22-9-13-25(35)14-10-22/h5-16,18-19H,3-4,17,20-21H2,1-2H3,(H,36,38,40)/b28-19+. The maximum absolute atomic E-state index is 13.7. The number of amides is 4. The van der Waals surface area contributed by atoms with Crippen LogP contribution in [0.15, 0.2) is 88.9 Å². The molecular formula is C34H31BrN2O6. The van der Waals surface area contributed by atoms with Gasteiger partial charge in [-0.05, 0) is 71.7 Å². The van der Waals surface area contributed by atoms with Gasteiger partial charge in [0.25, 0.3) is 11.8 Å². The van der Waals surface area contributed by atoms with Crippen molar-refractivity contribution in [2.24, 2.45) is 0 Å². The minimum Gasteiger partial charge on any atom is -0.490 e. The van der Waals surface area contributed by atoms with Crippen LogP contribution in [0.1, 0.15) is 37.0 Å². The van der Waals surface area contributed by atoms with Gasteiger partial charge in [-0.15, -0.1) is 0 Å². The van der Waals surface area contributed by atoms with Gasteiger partial charge in [-0.1, -0.05) is 71.4 Å². The Bertz CT molecular complexity index is 1700. The average Bonchev–Trinajstić information content (AvgIpc) is 3.01. The number of nitrogens with zero attached hydrogens (tertiary/aromatic N) is 1. The first-order valence-corrected chi connectivity index (χ1v) is 14.8. The van der Waals surface area contributed by atoms with E-state index in [-0.39, 0.29) is 18.7 Å². The van der Waals surface area contributed by atoms with Gasteiger partial charge in [0, 0.05) is 10.0 Å². The Labute approximate surface area is 258 Å². The molecule has 8 nitrogen and oxygen atoms in total. The van der Waals surface area contributed by atoms with Crippen molar-refractivity contribution in [2.75, 3.05) is 13.2 Å². The van der Waals surface area contributed by atoms with E-state index in [9.17, 15) is 14.4 Å². The summed E-state index contributed by atoms with van der Waals surface area (Å²) in [7, 11) is 0. The second-order valence-corrected chi connectivity index (χ2v) is 10.8. The highest BCUT2D eigenvalue weighted by atomic mass is 79.9. The summed E-state index contributed by atoms with van der Waals surface area (Å²) >= 11 is 3.44. The lowest BCUT2D eigenvalue weighted by Crippen LogP contribution is -2.53. The van der Waals surface area contributed by atoms with E-state index in [2.05, 4.69) is 21.2 Å². The van der Waals surface area contributed by atoms with Crippen LogP contribution >= 0.6 is 15.9 Å². The monoisotopic (exact) mass is 642 g/mol. The highest BCUT2D eigenvalue weighted by Crippen LogP contribution is 2.33. The van der Waals surface area contributed by atoms with Crippen molar-refractivity contribution in [1.82, 2.24) is 10.2 Å². The SMILES string of the molecule is CCCOc1ccc(CN2C(=O)NC(=O)/C(=C\c3c(OCc4ccc(Br)cc4)ccc4ccccc34)C2=O)cc1OCC. The zero-order valence-electron chi connectivity index (χ0n) is 23.9. The molecule has 1 aliphatic heterocycles. The highest BCUT2D eigenvalue weighted by molar-refractivity contribution is 9.10. The van der Waals surface area contributed by atoms with Gasteiger partial charge < -0.3 is 14.2 Å². The van der Waals surface area contributed by atoms with Gasteiger partial charge in [0.05, 0.1) is 19.8 Å². The van der Waals surface area contributed by atoms with E-state index in [0.717, 1.165) is 32.1 Å². The van der Waals surface area contributed by atoms with E-state index in [1.165, 1.54) is 6.08 Å². The molecule has 220 valence electrons. The number of ether oxygens (including phenoxy) is 3.